The Morgan fingerprint density at radius 3 is 1.76 bits per heavy atom. The summed E-state index contributed by atoms with van der Waals surface area (Å²) in [6.07, 6.45) is 6.14. The molecule has 46 heavy (non-hydrogen) atoms. The number of hydrogen-bond donors (Lipinski definition) is 2. The van der Waals surface area contributed by atoms with Crippen molar-refractivity contribution in [2.75, 3.05) is 5.32 Å². The van der Waals surface area contributed by atoms with Crippen LogP contribution in [0.5, 0.6) is 5.75 Å². The molecule has 1 aliphatic carbocycles. The Balaban J connectivity index is 1.90. The van der Waals surface area contributed by atoms with Gasteiger partial charge in [0, 0.05) is 43.2 Å². The molecule has 2 fully saturated rings. The van der Waals surface area contributed by atoms with Crippen molar-refractivity contribution in [3.05, 3.63) is 70.0 Å². The largest absolute Gasteiger partial charge is 0.507 e. The molecule has 0 unspecified atom stereocenters. The average Bonchev–Trinajstić information content (AvgIpc) is 2.90. The number of esters is 2. The Morgan fingerprint density at radius 1 is 0.826 bits per heavy atom. The molecular formula is C39H56N2O5. The third-order valence-corrected chi connectivity index (χ3v) is 8.72. The Kier molecular flexibility index (Phi) is 9.97. The van der Waals surface area contributed by atoms with Crippen molar-refractivity contribution in [1.29, 1.82) is 0 Å². The lowest BCUT2D eigenvalue weighted by Gasteiger charge is -2.40. The standard InChI is InChI=1S/C39H56N2O5/c1-36(2,3)23-25-17-19-26(20-18-25)24-41(28-15-13-12-14-16-28)33(31-34(43)45-39(10,11)46-35(31)44)40-27-21-29(37(4,5)6)32(42)30(22-27)38(7,8)9/h17-22,28,40,42H,12-16,23-24H2,1-11H3. The maximum Gasteiger partial charge on any atom is 0.352 e. The number of carbonyl (C=O) groups is 2. The summed E-state index contributed by atoms with van der Waals surface area (Å²) in [7, 11) is 0. The van der Waals surface area contributed by atoms with E-state index in [0.29, 0.717) is 18.1 Å². The van der Waals surface area contributed by atoms with E-state index in [0.717, 1.165) is 55.2 Å². The Hall–Kier alpha value is -3.48. The molecule has 4 rings (SSSR count). The number of carbonyl (C=O) groups excluding carboxylic acids is 2. The normalized spacial score (nSPS) is 17.8. The molecule has 7 heteroatoms. The number of phenolic OH excluding ortho intramolecular Hbond substituents is 1. The molecule has 1 saturated carbocycles. The minimum Gasteiger partial charge on any atom is -0.507 e. The lowest BCUT2D eigenvalue weighted by molar-refractivity contribution is -0.222. The lowest BCUT2D eigenvalue weighted by Crippen LogP contribution is -2.46. The van der Waals surface area contributed by atoms with E-state index < -0.39 is 17.7 Å². The van der Waals surface area contributed by atoms with Crippen LogP contribution in [0.25, 0.3) is 0 Å². The molecule has 7 nitrogen and oxygen atoms in total. The van der Waals surface area contributed by atoms with Crippen LogP contribution >= 0.6 is 0 Å². The number of hydrogen-bond acceptors (Lipinski definition) is 7. The lowest BCUT2D eigenvalue weighted by atomic mass is 9.79. The van der Waals surface area contributed by atoms with Crippen molar-refractivity contribution < 1.29 is 24.2 Å². The molecule has 2 aliphatic rings. The first-order chi connectivity index (χ1) is 21.1. The summed E-state index contributed by atoms with van der Waals surface area (Å²) >= 11 is 0. The number of ether oxygens (including phenoxy) is 2. The van der Waals surface area contributed by atoms with Crippen LogP contribution in [0.1, 0.15) is 131 Å². The number of cyclic esters (lactones) is 2. The first-order valence-electron chi connectivity index (χ1n) is 16.8. The van der Waals surface area contributed by atoms with E-state index >= 15 is 0 Å². The molecule has 1 heterocycles. The van der Waals surface area contributed by atoms with Crippen molar-refractivity contribution in [2.45, 2.75) is 144 Å². The maximum absolute atomic E-state index is 13.7. The molecule has 0 bridgehead atoms. The van der Waals surface area contributed by atoms with Gasteiger partial charge in [-0.2, -0.15) is 0 Å². The highest BCUT2D eigenvalue weighted by molar-refractivity contribution is 6.16. The van der Waals surface area contributed by atoms with Crippen molar-refractivity contribution in [1.82, 2.24) is 4.90 Å². The van der Waals surface area contributed by atoms with E-state index in [2.05, 4.69) is 96.8 Å². The van der Waals surface area contributed by atoms with E-state index in [-0.39, 0.29) is 33.6 Å². The van der Waals surface area contributed by atoms with Crippen molar-refractivity contribution in [2.24, 2.45) is 5.41 Å². The second-order valence-corrected chi connectivity index (χ2v) is 16.9. The predicted molar refractivity (Wildman–Crippen MR) is 184 cm³/mol. The number of nitrogens with one attached hydrogen (secondary N) is 1. The van der Waals surface area contributed by atoms with Crippen LogP contribution in [0.4, 0.5) is 5.69 Å². The van der Waals surface area contributed by atoms with Gasteiger partial charge in [-0.15, -0.1) is 0 Å². The molecule has 0 amide bonds. The van der Waals surface area contributed by atoms with Gasteiger partial charge in [0.1, 0.15) is 11.6 Å². The second-order valence-electron chi connectivity index (χ2n) is 16.9. The zero-order chi connectivity index (χ0) is 34.2. The second kappa shape index (κ2) is 13.0. The first-order valence-corrected chi connectivity index (χ1v) is 16.8. The van der Waals surface area contributed by atoms with Gasteiger partial charge in [0.05, 0.1) is 0 Å². The topological polar surface area (TPSA) is 88.1 Å². The zero-order valence-corrected chi connectivity index (χ0v) is 30.0. The summed E-state index contributed by atoms with van der Waals surface area (Å²) in [5.74, 6) is -2.15. The van der Waals surface area contributed by atoms with Gasteiger partial charge in [0.2, 0.25) is 0 Å². The van der Waals surface area contributed by atoms with E-state index in [9.17, 15) is 14.7 Å². The minimum atomic E-state index is -1.36. The quantitative estimate of drug-likeness (QED) is 0.136. The summed E-state index contributed by atoms with van der Waals surface area (Å²) in [6, 6.07) is 12.6. The molecule has 0 radical (unpaired) electrons. The molecule has 0 atom stereocenters. The molecule has 1 aliphatic heterocycles. The Labute approximate surface area is 276 Å². The van der Waals surface area contributed by atoms with Crippen LogP contribution in [0, 0.1) is 5.41 Å². The number of rotatable bonds is 7. The summed E-state index contributed by atoms with van der Waals surface area (Å²) in [6.45, 7) is 22.7. The zero-order valence-electron chi connectivity index (χ0n) is 30.0. The number of benzene rings is 2. The van der Waals surface area contributed by atoms with Gasteiger partial charge < -0.3 is 24.8 Å². The third-order valence-electron chi connectivity index (χ3n) is 8.72. The van der Waals surface area contributed by atoms with Crippen LogP contribution in [0.2, 0.25) is 0 Å². The Morgan fingerprint density at radius 2 is 1.30 bits per heavy atom. The highest BCUT2D eigenvalue weighted by Gasteiger charge is 2.43. The van der Waals surface area contributed by atoms with Gasteiger partial charge >= 0.3 is 11.9 Å². The number of phenols is 1. The molecular weight excluding hydrogens is 576 g/mol. The van der Waals surface area contributed by atoms with Crippen molar-refractivity contribution >= 4 is 17.6 Å². The van der Waals surface area contributed by atoms with Crippen LogP contribution in [0.3, 0.4) is 0 Å². The van der Waals surface area contributed by atoms with Gasteiger partial charge in [0.15, 0.2) is 5.57 Å². The Bertz CT molecular complexity index is 1400. The van der Waals surface area contributed by atoms with Crippen molar-refractivity contribution in [3.63, 3.8) is 0 Å². The van der Waals surface area contributed by atoms with Gasteiger partial charge in [-0.3, -0.25) is 0 Å². The molecule has 252 valence electrons. The summed E-state index contributed by atoms with van der Waals surface area (Å²) in [5, 5.41) is 15.0. The summed E-state index contributed by atoms with van der Waals surface area (Å²) in [4.78, 5) is 29.6. The van der Waals surface area contributed by atoms with Crippen LogP contribution < -0.4 is 5.32 Å². The minimum absolute atomic E-state index is 0.0924. The maximum atomic E-state index is 13.7. The molecule has 2 aromatic rings. The summed E-state index contributed by atoms with van der Waals surface area (Å²) in [5.41, 5.74) is 3.90. The highest BCUT2D eigenvalue weighted by atomic mass is 16.7. The number of nitrogens with zero attached hydrogens (tertiary/aromatic N) is 1. The van der Waals surface area contributed by atoms with Crippen LogP contribution in [-0.4, -0.2) is 33.8 Å². The fourth-order valence-electron chi connectivity index (χ4n) is 6.47. The van der Waals surface area contributed by atoms with Gasteiger partial charge in [-0.25, -0.2) is 9.59 Å². The predicted octanol–water partition coefficient (Wildman–Crippen LogP) is 8.87. The molecule has 1 saturated heterocycles. The first kappa shape index (κ1) is 35.4. The highest BCUT2D eigenvalue weighted by Crippen LogP contribution is 2.42. The monoisotopic (exact) mass is 632 g/mol. The van der Waals surface area contributed by atoms with E-state index in [1.165, 1.54) is 5.56 Å². The van der Waals surface area contributed by atoms with E-state index in [4.69, 9.17) is 9.47 Å². The molecule has 0 aromatic heterocycles. The molecule has 2 N–H and O–H groups in total. The van der Waals surface area contributed by atoms with Gasteiger partial charge in [-0.1, -0.05) is 106 Å². The fraction of sp³-hybridized carbons (Fsp3) is 0.590. The molecule has 2 aromatic carbocycles. The SMILES string of the molecule is CC(C)(C)Cc1ccc(CN(C(Nc2cc(C(C)(C)C)c(O)c(C(C)(C)C)c2)=C2C(=O)OC(C)(C)OC2=O)C2CCCCC2)cc1. The fourth-order valence-corrected chi connectivity index (χ4v) is 6.47. The molecule has 0 spiro atoms. The van der Waals surface area contributed by atoms with Crippen molar-refractivity contribution in [3.8, 4) is 5.75 Å². The van der Waals surface area contributed by atoms with Crippen LogP contribution in [-0.2, 0) is 42.9 Å². The van der Waals surface area contributed by atoms with E-state index in [1.54, 1.807) is 13.8 Å². The van der Waals surface area contributed by atoms with Gasteiger partial charge in [-0.05, 0) is 58.8 Å². The van der Waals surface area contributed by atoms with E-state index in [1.807, 2.05) is 12.1 Å². The smallest absolute Gasteiger partial charge is 0.352 e. The average molecular weight is 633 g/mol. The third kappa shape index (κ3) is 8.65. The van der Waals surface area contributed by atoms with Crippen LogP contribution in [0.15, 0.2) is 47.8 Å². The van der Waals surface area contributed by atoms with Gasteiger partial charge in [0.25, 0.3) is 5.79 Å². The summed E-state index contributed by atoms with van der Waals surface area (Å²) < 4.78 is 11.3. The number of aromatic hydroxyl groups is 1. The number of anilines is 1.